The molecule has 1 unspecified atom stereocenters. The number of halogens is 1. The molecule has 0 amide bonds. The molecule has 0 heterocycles. The molecule has 0 aliphatic rings. The molecule has 4 nitrogen and oxygen atoms in total. The maximum Gasteiger partial charge on any atom is 0.141 e. The van der Waals surface area contributed by atoms with Crippen molar-refractivity contribution >= 4 is 21.6 Å². The van der Waals surface area contributed by atoms with Gasteiger partial charge in [0.2, 0.25) is 0 Å². The van der Waals surface area contributed by atoms with E-state index in [2.05, 4.69) is 21.2 Å². The molecule has 0 fully saturated rings. The first-order valence-electron chi connectivity index (χ1n) is 6.62. The molecule has 1 atom stereocenters. The Kier molecular flexibility index (Phi) is 5.90. The average Bonchev–Trinajstić information content (AvgIpc) is 2.51. The molecule has 2 aromatic carbocycles. The van der Waals surface area contributed by atoms with Crippen molar-refractivity contribution in [3.05, 3.63) is 53.0 Å². The fraction of sp³-hybridized carbons (Fsp3) is 0.250. The molecule has 0 aromatic heterocycles. The largest absolute Gasteiger partial charge is 0.495 e. The Labute approximate surface area is 132 Å². The SMILES string of the molecule is COc1ccccc1NCC(O)COc1cccc(Br)c1. The van der Waals surface area contributed by atoms with Crippen molar-refractivity contribution in [1.29, 1.82) is 0 Å². The highest BCUT2D eigenvalue weighted by atomic mass is 79.9. The van der Waals surface area contributed by atoms with E-state index in [1.165, 1.54) is 0 Å². The van der Waals surface area contributed by atoms with Crippen molar-refractivity contribution in [3.8, 4) is 11.5 Å². The number of ether oxygens (including phenoxy) is 2. The van der Waals surface area contributed by atoms with Crippen LogP contribution in [0.15, 0.2) is 53.0 Å². The standard InChI is InChI=1S/C16H18BrNO3/c1-20-16-8-3-2-7-15(16)18-10-13(19)11-21-14-6-4-5-12(17)9-14/h2-9,13,18-19H,10-11H2,1H3. The second-order valence-electron chi connectivity index (χ2n) is 4.50. The number of hydrogen-bond acceptors (Lipinski definition) is 4. The van der Waals surface area contributed by atoms with E-state index in [1.807, 2.05) is 48.5 Å². The molecule has 0 bridgehead atoms. The third kappa shape index (κ3) is 4.95. The molecule has 5 heteroatoms. The molecular weight excluding hydrogens is 334 g/mol. The van der Waals surface area contributed by atoms with Crippen molar-refractivity contribution in [2.75, 3.05) is 25.6 Å². The number of nitrogens with one attached hydrogen (secondary N) is 1. The van der Waals surface area contributed by atoms with Crippen molar-refractivity contribution in [3.63, 3.8) is 0 Å². The molecule has 0 aliphatic heterocycles. The maximum absolute atomic E-state index is 9.96. The van der Waals surface area contributed by atoms with Crippen LogP contribution in [-0.2, 0) is 0 Å². The van der Waals surface area contributed by atoms with Crippen LogP contribution in [0.5, 0.6) is 11.5 Å². The van der Waals surface area contributed by atoms with Gasteiger partial charge in [0.1, 0.15) is 24.2 Å². The molecule has 21 heavy (non-hydrogen) atoms. The lowest BCUT2D eigenvalue weighted by atomic mass is 10.2. The summed E-state index contributed by atoms with van der Waals surface area (Å²) in [7, 11) is 1.62. The summed E-state index contributed by atoms with van der Waals surface area (Å²) < 4.78 is 11.7. The summed E-state index contributed by atoms with van der Waals surface area (Å²) in [5.41, 5.74) is 0.849. The first kappa shape index (κ1) is 15.7. The Balaban J connectivity index is 1.81. The fourth-order valence-electron chi connectivity index (χ4n) is 1.83. The van der Waals surface area contributed by atoms with Crippen LogP contribution < -0.4 is 14.8 Å². The summed E-state index contributed by atoms with van der Waals surface area (Å²) in [5, 5.41) is 13.1. The van der Waals surface area contributed by atoms with E-state index >= 15 is 0 Å². The lowest BCUT2D eigenvalue weighted by molar-refractivity contribution is 0.117. The van der Waals surface area contributed by atoms with Gasteiger partial charge in [-0.15, -0.1) is 0 Å². The zero-order valence-corrected chi connectivity index (χ0v) is 13.3. The van der Waals surface area contributed by atoms with Gasteiger partial charge in [-0.3, -0.25) is 0 Å². The number of aliphatic hydroxyl groups excluding tert-OH is 1. The van der Waals surface area contributed by atoms with E-state index < -0.39 is 6.10 Å². The van der Waals surface area contributed by atoms with E-state index in [9.17, 15) is 5.11 Å². The van der Waals surface area contributed by atoms with Gasteiger partial charge in [-0.25, -0.2) is 0 Å². The van der Waals surface area contributed by atoms with Crippen molar-refractivity contribution in [2.45, 2.75) is 6.10 Å². The number of benzene rings is 2. The minimum absolute atomic E-state index is 0.221. The topological polar surface area (TPSA) is 50.7 Å². The number of aliphatic hydroxyl groups is 1. The molecule has 2 aromatic rings. The van der Waals surface area contributed by atoms with Gasteiger partial charge >= 0.3 is 0 Å². The highest BCUT2D eigenvalue weighted by Gasteiger charge is 2.07. The lowest BCUT2D eigenvalue weighted by Crippen LogP contribution is -2.26. The quantitative estimate of drug-likeness (QED) is 0.803. The molecule has 0 spiro atoms. The second kappa shape index (κ2) is 7.90. The first-order valence-corrected chi connectivity index (χ1v) is 7.41. The molecule has 0 saturated heterocycles. The summed E-state index contributed by atoms with van der Waals surface area (Å²) in [6.45, 7) is 0.604. The van der Waals surface area contributed by atoms with Crippen molar-refractivity contribution in [2.24, 2.45) is 0 Å². The summed E-state index contributed by atoms with van der Waals surface area (Å²) in [6.07, 6.45) is -0.617. The number of methoxy groups -OCH3 is 1. The molecule has 0 saturated carbocycles. The summed E-state index contributed by atoms with van der Waals surface area (Å²) in [4.78, 5) is 0. The maximum atomic E-state index is 9.96. The third-order valence-corrected chi connectivity index (χ3v) is 3.37. The molecule has 2 rings (SSSR count). The van der Waals surface area contributed by atoms with Gasteiger partial charge in [0.25, 0.3) is 0 Å². The van der Waals surface area contributed by atoms with Crippen LogP contribution in [0.3, 0.4) is 0 Å². The van der Waals surface area contributed by atoms with Crippen molar-refractivity contribution < 1.29 is 14.6 Å². The average molecular weight is 352 g/mol. The molecule has 0 radical (unpaired) electrons. The molecule has 112 valence electrons. The Morgan fingerprint density at radius 3 is 2.76 bits per heavy atom. The predicted octanol–water partition coefficient (Wildman–Crippen LogP) is 3.31. The second-order valence-corrected chi connectivity index (χ2v) is 5.42. The van der Waals surface area contributed by atoms with Crippen LogP contribution >= 0.6 is 15.9 Å². The number of para-hydroxylation sites is 2. The van der Waals surface area contributed by atoms with Crippen LogP contribution in [0.1, 0.15) is 0 Å². The van der Waals surface area contributed by atoms with E-state index in [-0.39, 0.29) is 6.61 Å². The zero-order chi connectivity index (χ0) is 15.1. The number of rotatable bonds is 7. The highest BCUT2D eigenvalue weighted by molar-refractivity contribution is 9.10. The van der Waals surface area contributed by atoms with E-state index in [1.54, 1.807) is 7.11 Å². The minimum Gasteiger partial charge on any atom is -0.495 e. The predicted molar refractivity (Wildman–Crippen MR) is 87.1 cm³/mol. The lowest BCUT2D eigenvalue weighted by Gasteiger charge is -2.15. The van der Waals surface area contributed by atoms with Crippen LogP contribution in [-0.4, -0.2) is 31.5 Å². The fourth-order valence-corrected chi connectivity index (χ4v) is 2.20. The molecule has 0 aliphatic carbocycles. The van der Waals surface area contributed by atoms with Crippen LogP contribution in [0, 0.1) is 0 Å². The van der Waals surface area contributed by atoms with Gasteiger partial charge in [0.05, 0.1) is 12.8 Å². The van der Waals surface area contributed by atoms with Gasteiger partial charge in [-0.2, -0.15) is 0 Å². The Morgan fingerprint density at radius 1 is 1.19 bits per heavy atom. The highest BCUT2D eigenvalue weighted by Crippen LogP contribution is 2.23. The smallest absolute Gasteiger partial charge is 0.141 e. The monoisotopic (exact) mass is 351 g/mol. The van der Waals surface area contributed by atoms with E-state index in [0.717, 1.165) is 21.7 Å². The Morgan fingerprint density at radius 2 is 2.00 bits per heavy atom. The van der Waals surface area contributed by atoms with Gasteiger partial charge in [0.15, 0.2) is 0 Å². The van der Waals surface area contributed by atoms with Gasteiger partial charge in [0, 0.05) is 11.0 Å². The summed E-state index contributed by atoms with van der Waals surface area (Å²) in [5.74, 6) is 1.47. The Hall–Kier alpha value is -1.72. The van der Waals surface area contributed by atoms with Crippen LogP contribution in [0.25, 0.3) is 0 Å². The zero-order valence-electron chi connectivity index (χ0n) is 11.8. The van der Waals surface area contributed by atoms with Crippen molar-refractivity contribution in [1.82, 2.24) is 0 Å². The number of hydrogen-bond donors (Lipinski definition) is 2. The van der Waals surface area contributed by atoms with Crippen LogP contribution in [0.2, 0.25) is 0 Å². The normalized spacial score (nSPS) is 11.8. The molecular formula is C16H18BrNO3. The third-order valence-electron chi connectivity index (χ3n) is 2.87. The minimum atomic E-state index is -0.617. The summed E-state index contributed by atoms with van der Waals surface area (Å²) in [6, 6.07) is 15.1. The van der Waals surface area contributed by atoms with Gasteiger partial charge in [-0.05, 0) is 30.3 Å². The first-order chi connectivity index (χ1) is 10.2. The van der Waals surface area contributed by atoms with Gasteiger partial charge < -0.3 is 19.9 Å². The van der Waals surface area contributed by atoms with Gasteiger partial charge in [-0.1, -0.05) is 34.1 Å². The van der Waals surface area contributed by atoms with E-state index in [4.69, 9.17) is 9.47 Å². The molecule has 2 N–H and O–H groups in total. The van der Waals surface area contributed by atoms with E-state index in [0.29, 0.717) is 6.54 Å². The Bertz CT molecular complexity index is 577. The number of anilines is 1. The van der Waals surface area contributed by atoms with Crippen LogP contribution in [0.4, 0.5) is 5.69 Å². The summed E-state index contributed by atoms with van der Waals surface area (Å²) >= 11 is 3.38.